The van der Waals surface area contributed by atoms with Crippen LogP contribution in [0, 0.1) is 0 Å². The second-order valence-electron chi connectivity index (χ2n) is 35.3. The topological polar surface area (TPSA) is 267 Å². The van der Waals surface area contributed by atoms with Crippen molar-refractivity contribution < 1.29 is 108 Å². The van der Waals surface area contributed by atoms with E-state index in [9.17, 15) is 18.8 Å². The number of aromatic nitrogens is 4. The molecule has 3 N–H and O–H groups in total. The SMILES string of the molecule is CCCCC[N+]1=C(/C=C/C2=C(c3ccc(CCC(=O)N[C@@H](CCCCNC(=O)C(C)[18F])CCCCOCCOCCOCCOCCC(=O)NCCCCOc4cc(CN(Cc5ccccn5)Cc5ccccn5)cc(CN(Cc5ccccn5)Cc5ccccn5)c4)cc3)C(=C/C=C3/N(CCCC)c4ccc(OC)cc4C3(C)C)/CCC2)C(C)(C)c2cc(OC)ccc21.O=S(=O)=O.[Zn+2].[Zn+2]. The van der Waals surface area contributed by atoms with E-state index < -0.39 is 22.7 Å². The van der Waals surface area contributed by atoms with Crippen LogP contribution in [0.1, 0.15) is 220 Å². The van der Waals surface area contributed by atoms with Crippen LogP contribution >= 0.6 is 0 Å². The summed E-state index contributed by atoms with van der Waals surface area (Å²) in [7, 11) is 0.379. The summed E-state index contributed by atoms with van der Waals surface area (Å²) in [5.74, 6) is 1.86. The molecular formula is C107H141FN11O13SZn2+5. The molecular weight excluding hydrogens is 1830 g/mol. The Hall–Kier alpha value is -9.72. The minimum Gasteiger partial charge on any atom is -0.497 e. The number of allylic oxidation sites excluding steroid dienone is 8. The van der Waals surface area contributed by atoms with E-state index in [0.717, 1.165) is 165 Å². The van der Waals surface area contributed by atoms with Gasteiger partial charge in [0.15, 0.2) is 11.9 Å². The summed E-state index contributed by atoms with van der Waals surface area (Å²) in [6.45, 7) is 25.6. The first-order chi connectivity index (χ1) is 64.6. The minimum absolute atomic E-state index is 0. The Morgan fingerprint density at radius 1 is 0.526 bits per heavy atom. The maximum atomic E-state index is 14.0. The first-order valence-electron chi connectivity index (χ1n) is 47.7. The van der Waals surface area contributed by atoms with Gasteiger partial charge in [-0.05, 0) is 252 Å². The van der Waals surface area contributed by atoms with Gasteiger partial charge < -0.3 is 54.0 Å². The van der Waals surface area contributed by atoms with E-state index in [1.54, 1.807) is 14.2 Å². The van der Waals surface area contributed by atoms with Crippen molar-refractivity contribution >= 4 is 51.0 Å². The first kappa shape index (κ1) is 111. The fourth-order valence-corrected chi connectivity index (χ4v) is 17.4. The number of pyridine rings is 4. The summed E-state index contributed by atoms with van der Waals surface area (Å²) in [5, 5.41) is 9.09. The molecule has 3 amide bonds. The van der Waals surface area contributed by atoms with Gasteiger partial charge >= 0.3 is 49.6 Å². The number of carbonyl (C=O) groups is 3. The molecule has 28 heteroatoms. The molecule has 1 unspecified atom stereocenters. The zero-order chi connectivity index (χ0) is 94.4. The molecule has 8 aromatic rings. The smallest absolute Gasteiger partial charge is 0.497 e. The minimum atomic E-state index is -3.11. The van der Waals surface area contributed by atoms with E-state index in [0.29, 0.717) is 131 Å². The number of amides is 3. The molecule has 0 fully saturated rings. The number of carbonyl (C=O) groups excluding carboxylic acids is 3. The molecule has 11 rings (SSSR count). The van der Waals surface area contributed by atoms with Crippen LogP contribution in [0.25, 0.3) is 5.57 Å². The van der Waals surface area contributed by atoms with Crippen LogP contribution in [-0.4, -0.2) is 182 Å². The van der Waals surface area contributed by atoms with Crippen molar-refractivity contribution in [1.82, 2.24) is 45.7 Å². The van der Waals surface area contributed by atoms with Crippen LogP contribution in [0.4, 0.5) is 15.8 Å². The summed E-state index contributed by atoms with van der Waals surface area (Å²) in [5.41, 5.74) is 19.4. The Morgan fingerprint density at radius 3 is 1.60 bits per heavy atom. The van der Waals surface area contributed by atoms with Crippen molar-refractivity contribution in [2.75, 3.05) is 105 Å². The fourth-order valence-electron chi connectivity index (χ4n) is 17.4. The van der Waals surface area contributed by atoms with E-state index in [4.69, 9.17) is 45.8 Å². The largest absolute Gasteiger partial charge is 2.00 e. The van der Waals surface area contributed by atoms with E-state index in [1.807, 2.05) is 73.3 Å². The number of nitrogens with zero attached hydrogens (tertiary/aromatic N) is 8. The third-order valence-corrected chi connectivity index (χ3v) is 24.4. The number of hydrogen-bond acceptors (Lipinski definition) is 20. The zero-order valence-corrected chi connectivity index (χ0v) is 87.9. The zero-order valence-electron chi connectivity index (χ0n) is 81.2. The second kappa shape index (κ2) is 60.1. The molecule has 714 valence electrons. The van der Waals surface area contributed by atoms with Crippen molar-refractivity contribution in [2.24, 2.45) is 0 Å². The summed E-state index contributed by atoms with van der Waals surface area (Å²) in [6, 6.07) is 52.5. The monoisotopic (exact) mass is 1970 g/mol. The number of fused-ring (bicyclic) bond motifs is 2. The first-order valence-corrected chi connectivity index (χ1v) is 48.7. The van der Waals surface area contributed by atoms with E-state index in [1.165, 1.54) is 64.0 Å². The number of benzene rings is 4. The van der Waals surface area contributed by atoms with Crippen molar-refractivity contribution in [1.29, 1.82) is 0 Å². The number of aryl methyl sites for hydroxylation is 1. The van der Waals surface area contributed by atoms with E-state index in [2.05, 4.69) is 224 Å². The second-order valence-corrected chi connectivity index (χ2v) is 35.7. The Balaban J connectivity index is 0.00000366. The van der Waals surface area contributed by atoms with Crippen LogP contribution in [0.2, 0.25) is 0 Å². The molecule has 2 aliphatic heterocycles. The van der Waals surface area contributed by atoms with Crippen LogP contribution in [-0.2, 0) is 139 Å². The predicted molar refractivity (Wildman–Crippen MR) is 522 cm³/mol. The molecule has 0 bridgehead atoms. The summed E-state index contributed by atoms with van der Waals surface area (Å²) in [4.78, 5) is 64.7. The number of halogens is 1. The van der Waals surface area contributed by atoms with Crippen molar-refractivity contribution in [3.8, 4) is 17.2 Å². The van der Waals surface area contributed by atoms with Gasteiger partial charge in [0.25, 0.3) is 5.91 Å². The van der Waals surface area contributed by atoms with Gasteiger partial charge in [0.05, 0.1) is 95.3 Å². The number of methoxy groups -OCH3 is 2. The van der Waals surface area contributed by atoms with Gasteiger partial charge in [0.2, 0.25) is 17.5 Å². The molecule has 3 aliphatic rings. The van der Waals surface area contributed by atoms with Crippen molar-refractivity contribution in [3.63, 3.8) is 0 Å². The average molecular weight is 1970 g/mol. The molecule has 0 radical (unpaired) electrons. The molecule has 0 saturated heterocycles. The third-order valence-electron chi connectivity index (χ3n) is 24.4. The molecule has 0 spiro atoms. The van der Waals surface area contributed by atoms with Crippen molar-refractivity contribution in [3.05, 3.63) is 274 Å². The maximum Gasteiger partial charge on any atom is 2.00 e. The number of hydrogen-bond donors (Lipinski definition) is 3. The number of unbranched alkanes of at least 4 members (excludes halogenated alkanes) is 6. The van der Waals surface area contributed by atoms with Gasteiger partial charge in [0, 0.05) is 150 Å². The van der Waals surface area contributed by atoms with Crippen LogP contribution < -0.4 is 35.1 Å². The number of nitrogens with one attached hydrogen (secondary N) is 3. The number of rotatable bonds is 58. The normalized spacial score (nSPS) is 14.7. The van der Waals surface area contributed by atoms with Crippen LogP contribution in [0.3, 0.4) is 0 Å². The summed E-state index contributed by atoms with van der Waals surface area (Å²) >= 11 is 0. The Kier molecular flexibility index (Phi) is 49.2. The van der Waals surface area contributed by atoms with E-state index >= 15 is 0 Å². The standard InChI is InChI=1S/C107H140FN11O10.O3S.2Zn/c1-10-12-26-60-119-99-48-46-94(124-9)74-97(99)107(6,7)101(119)50-44-86-31-29-30-85(43-49-100-106(4,5)96-73-93(123-8)45-47-98(96)118(100)59-13-11-2)104(86)87-41-38-82(39-42-87)40-51-103(121)115-88(32-14-24-58-114-105(122)81(3)108)33-19-27-61-125-64-66-127-68-69-128-67-65-126-63-52-102(120)113-57-25-28-62-129-95-71-83(75-116(77-89-34-15-20-53-109-89)78-90-35-16-21-54-110-90)70-84(72-95)76-117(79-91-36-17-22-55-111-91)80-92-37-18-23-56-112-92;1-4(2)3;;/h15-18,20-23,34-39,41-50,53-56,70-74,81,88H,10-14,19,24-33,40,51-52,57-69,75-80H2,1-9H3,(H2-,113,114,115,120,121,122);;;/q;;2*+2/p+1/t81?,88-;;;/m0.../s1/i108-1;;;. The Bertz CT molecular complexity index is 5020. The molecule has 135 heavy (non-hydrogen) atoms. The third kappa shape index (κ3) is 36.9. The molecule has 2 atom stereocenters. The van der Waals surface area contributed by atoms with Gasteiger partial charge in [-0.1, -0.05) is 107 Å². The Labute approximate surface area is 827 Å². The van der Waals surface area contributed by atoms with Gasteiger partial charge in [0.1, 0.15) is 23.8 Å². The average Bonchev–Trinajstić information content (AvgIpc) is 1.59. The van der Waals surface area contributed by atoms with Gasteiger partial charge in [-0.25, -0.2) is 4.39 Å². The quantitative estimate of drug-likeness (QED) is 0.0182. The molecule has 4 aromatic heterocycles. The molecule has 4 aromatic carbocycles. The molecule has 24 nitrogen and oxygen atoms in total. The summed E-state index contributed by atoms with van der Waals surface area (Å²) < 4.78 is 82.9. The van der Waals surface area contributed by atoms with E-state index in [-0.39, 0.29) is 74.1 Å². The molecule has 0 saturated carbocycles. The summed E-state index contributed by atoms with van der Waals surface area (Å²) in [6.07, 6.45) is 31.2. The van der Waals surface area contributed by atoms with Crippen molar-refractivity contribution in [2.45, 2.75) is 233 Å². The predicted octanol–water partition coefficient (Wildman–Crippen LogP) is 18.5. The molecule has 6 heterocycles. The van der Waals surface area contributed by atoms with Gasteiger partial charge in [-0.15, -0.1) is 12.6 Å². The van der Waals surface area contributed by atoms with Crippen LogP contribution in [0.15, 0.2) is 218 Å². The van der Waals surface area contributed by atoms with Gasteiger partial charge in [-0.3, -0.25) is 44.1 Å². The number of ether oxygens (including phenoxy) is 7. The maximum absolute atomic E-state index is 14.0. The molecule has 1 aliphatic carbocycles. The fraction of sp³-hybridized carbons (Fsp3) is 0.477. The number of alkyl halides is 1. The van der Waals surface area contributed by atoms with Gasteiger partial charge in [-0.2, -0.15) is 4.58 Å². The van der Waals surface area contributed by atoms with Crippen LogP contribution in [0.5, 0.6) is 17.2 Å². The Morgan fingerprint density at radius 2 is 1.05 bits per heavy atom. The number of anilines is 1.